The molecule has 8 nitrogen and oxygen atoms in total. The predicted molar refractivity (Wildman–Crippen MR) is 135 cm³/mol. The number of hydrogen-bond acceptors (Lipinski definition) is 6. The summed E-state index contributed by atoms with van der Waals surface area (Å²) in [6.07, 6.45) is 0. The number of carbonyl (C=O) groups excluding carboxylic acids is 2. The number of esters is 2. The van der Waals surface area contributed by atoms with Gasteiger partial charge in [0.05, 0.1) is 22.8 Å². The van der Waals surface area contributed by atoms with Crippen LogP contribution in [-0.2, 0) is 9.59 Å². The number of carbonyl (C=O) groups is 2. The second kappa shape index (κ2) is 9.71. The van der Waals surface area contributed by atoms with Crippen molar-refractivity contribution in [2.45, 2.75) is 13.8 Å². The number of ether oxygens (including phenoxy) is 2. The smallest absolute Gasteiger partial charge is 0.308 e. The van der Waals surface area contributed by atoms with Crippen LogP contribution >= 0.6 is 0 Å². The summed E-state index contributed by atoms with van der Waals surface area (Å²) in [5, 5.41) is 15.0. The Bertz CT molecular complexity index is 1450. The highest BCUT2D eigenvalue weighted by Gasteiger charge is 2.14. The van der Waals surface area contributed by atoms with E-state index in [0.717, 1.165) is 45.0 Å². The largest absolute Gasteiger partial charge is 0.426 e. The standard InChI is InChI=1S/C28H22N4O4/c1-17(33)35-27-12-5-3-10-21(27)25-15-23(29-31-25)19-8-7-9-20(14-19)24-16-26(32-30-24)22-11-4-6-13-28(22)36-18(2)34/h3-16H,1-2H3,(H,29,31)(H,30,32). The van der Waals surface area contributed by atoms with E-state index in [1.165, 1.54) is 13.8 Å². The van der Waals surface area contributed by atoms with Crippen LogP contribution in [-0.4, -0.2) is 32.3 Å². The molecule has 0 aliphatic rings. The van der Waals surface area contributed by atoms with Crippen LogP contribution in [0.1, 0.15) is 13.8 Å². The molecule has 0 atom stereocenters. The van der Waals surface area contributed by atoms with Crippen LogP contribution in [0.25, 0.3) is 45.0 Å². The molecule has 8 heteroatoms. The first-order valence-electron chi connectivity index (χ1n) is 11.2. The molecule has 0 radical (unpaired) electrons. The quantitative estimate of drug-likeness (QED) is 0.241. The molecule has 5 rings (SSSR count). The third-order valence-corrected chi connectivity index (χ3v) is 5.47. The van der Waals surface area contributed by atoms with Gasteiger partial charge >= 0.3 is 11.9 Å². The minimum atomic E-state index is -0.385. The molecule has 0 unspecified atom stereocenters. The molecule has 5 aromatic rings. The lowest BCUT2D eigenvalue weighted by molar-refractivity contribution is -0.132. The zero-order chi connectivity index (χ0) is 25.1. The van der Waals surface area contributed by atoms with Crippen LogP contribution in [0, 0.1) is 0 Å². The van der Waals surface area contributed by atoms with Gasteiger partial charge in [0.2, 0.25) is 0 Å². The van der Waals surface area contributed by atoms with Crippen LogP contribution in [0.5, 0.6) is 11.5 Å². The van der Waals surface area contributed by atoms with Crippen LogP contribution in [0.4, 0.5) is 0 Å². The molecular weight excluding hydrogens is 456 g/mol. The van der Waals surface area contributed by atoms with Gasteiger partial charge in [0.1, 0.15) is 11.5 Å². The molecule has 178 valence electrons. The Hall–Kier alpha value is -4.98. The first-order valence-corrected chi connectivity index (χ1v) is 11.2. The summed E-state index contributed by atoms with van der Waals surface area (Å²) in [6, 6.07) is 26.3. The molecule has 0 fully saturated rings. The highest BCUT2D eigenvalue weighted by molar-refractivity contribution is 5.79. The summed E-state index contributed by atoms with van der Waals surface area (Å²) in [5.41, 5.74) is 6.21. The fraction of sp³-hybridized carbons (Fsp3) is 0.0714. The van der Waals surface area contributed by atoms with Gasteiger partial charge < -0.3 is 9.47 Å². The second-order valence-corrected chi connectivity index (χ2v) is 8.09. The van der Waals surface area contributed by atoms with E-state index in [9.17, 15) is 9.59 Å². The molecule has 0 bridgehead atoms. The average Bonchev–Trinajstić information content (AvgIpc) is 3.55. The normalized spacial score (nSPS) is 10.7. The van der Waals surface area contributed by atoms with E-state index in [0.29, 0.717) is 11.5 Å². The monoisotopic (exact) mass is 478 g/mol. The van der Waals surface area contributed by atoms with E-state index in [4.69, 9.17) is 9.47 Å². The third-order valence-electron chi connectivity index (χ3n) is 5.47. The zero-order valence-electron chi connectivity index (χ0n) is 19.6. The zero-order valence-corrected chi connectivity index (χ0v) is 19.6. The SMILES string of the molecule is CC(=O)Oc1ccccc1-c1cc(-c2cccc(-c3cc(-c4ccccc4OC(C)=O)[nH]n3)c2)n[nH]1. The summed E-state index contributed by atoms with van der Waals surface area (Å²) in [6.45, 7) is 2.74. The number of aromatic nitrogens is 4. The highest BCUT2D eigenvalue weighted by Crippen LogP contribution is 2.34. The summed E-state index contributed by atoms with van der Waals surface area (Å²) in [5.74, 6) is 0.159. The lowest BCUT2D eigenvalue weighted by atomic mass is 10.0. The molecule has 0 saturated carbocycles. The van der Waals surface area contributed by atoms with Crippen molar-refractivity contribution in [3.8, 4) is 56.5 Å². The van der Waals surface area contributed by atoms with Crippen molar-refractivity contribution in [3.05, 3.63) is 84.9 Å². The summed E-state index contributed by atoms with van der Waals surface area (Å²) < 4.78 is 10.7. The maximum Gasteiger partial charge on any atom is 0.308 e. The van der Waals surface area contributed by atoms with Crippen LogP contribution in [0.3, 0.4) is 0 Å². The van der Waals surface area contributed by atoms with E-state index in [1.54, 1.807) is 12.1 Å². The van der Waals surface area contributed by atoms with E-state index in [2.05, 4.69) is 20.4 Å². The van der Waals surface area contributed by atoms with Crippen molar-refractivity contribution < 1.29 is 19.1 Å². The minimum absolute atomic E-state index is 0.385. The lowest BCUT2D eigenvalue weighted by Gasteiger charge is -2.06. The Balaban J connectivity index is 1.44. The van der Waals surface area contributed by atoms with Gasteiger partial charge in [-0.25, -0.2) is 0 Å². The number of nitrogens with one attached hydrogen (secondary N) is 2. The number of rotatable bonds is 6. The molecule has 3 aromatic carbocycles. The maximum atomic E-state index is 11.5. The average molecular weight is 479 g/mol. The van der Waals surface area contributed by atoms with E-state index < -0.39 is 0 Å². The Morgan fingerprint density at radius 3 is 1.50 bits per heavy atom. The van der Waals surface area contributed by atoms with Crippen LogP contribution in [0.2, 0.25) is 0 Å². The van der Waals surface area contributed by atoms with Crippen LogP contribution < -0.4 is 9.47 Å². The minimum Gasteiger partial charge on any atom is -0.426 e. The van der Waals surface area contributed by atoms with E-state index >= 15 is 0 Å². The van der Waals surface area contributed by atoms with E-state index in [-0.39, 0.29) is 11.9 Å². The highest BCUT2D eigenvalue weighted by atomic mass is 16.5. The Morgan fingerprint density at radius 2 is 1.06 bits per heavy atom. The van der Waals surface area contributed by atoms with E-state index in [1.807, 2.05) is 72.8 Å². The molecule has 0 aliphatic carbocycles. The second-order valence-electron chi connectivity index (χ2n) is 8.09. The first kappa shape index (κ1) is 22.8. The molecular formula is C28H22N4O4. The number of hydrogen-bond donors (Lipinski definition) is 2. The fourth-order valence-corrected chi connectivity index (χ4v) is 3.92. The summed E-state index contributed by atoms with van der Waals surface area (Å²) >= 11 is 0. The Labute approximate surface area is 206 Å². The molecule has 36 heavy (non-hydrogen) atoms. The van der Waals surface area contributed by atoms with Crippen molar-refractivity contribution in [3.63, 3.8) is 0 Å². The van der Waals surface area contributed by atoms with Crippen molar-refractivity contribution in [1.82, 2.24) is 20.4 Å². The third kappa shape index (κ3) is 4.78. The van der Waals surface area contributed by atoms with Gasteiger partial charge in [-0.05, 0) is 42.5 Å². The maximum absolute atomic E-state index is 11.5. The summed E-state index contributed by atoms with van der Waals surface area (Å²) in [4.78, 5) is 23.0. The Morgan fingerprint density at radius 1 is 0.611 bits per heavy atom. The fourth-order valence-electron chi connectivity index (χ4n) is 3.92. The van der Waals surface area contributed by atoms with Gasteiger partial charge in [0.25, 0.3) is 0 Å². The van der Waals surface area contributed by atoms with Gasteiger partial charge in [-0.1, -0.05) is 42.5 Å². The van der Waals surface area contributed by atoms with Crippen molar-refractivity contribution >= 4 is 11.9 Å². The summed E-state index contributed by atoms with van der Waals surface area (Å²) in [7, 11) is 0. The number of H-pyrrole nitrogens is 2. The molecule has 0 amide bonds. The first-order chi connectivity index (χ1) is 17.5. The Kier molecular flexibility index (Phi) is 6.15. The molecule has 0 spiro atoms. The van der Waals surface area contributed by atoms with Crippen molar-refractivity contribution in [1.29, 1.82) is 0 Å². The van der Waals surface area contributed by atoms with Gasteiger partial charge in [-0.15, -0.1) is 0 Å². The molecule has 2 aromatic heterocycles. The topological polar surface area (TPSA) is 110 Å². The van der Waals surface area contributed by atoms with Gasteiger partial charge in [-0.2, -0.15) is 10.2 Å². The van der Waals surface area contributed by atoms with Crippen LogP contribution in [0.15, 0.2) is 84.9 Å². The number of para-hydroxylation sites is 2. The number of nitrogens with zero attached hydrogens (tertiary/aromatic N) is 2. The predicted octanol–water partition coefficient (Wildman–Crippen LogP) is 5.65. The van der Waals surface area contributed by atoms with Gasteiger partial charge in [0, 0.05) is 36.1 Å². The molecule has 2 N–H and O–H groups in total. The molecule has 2 heterocycles. The molecule has 0 aliphatic heterocycles. The number of benzene rings is 3. The lowest BCUT2D eigenvalue weighted by Crippen LogP contribution is -2.02. The van der Waals surface area contributed by atoms with Gasteiger partial charge in [0.15, 0.2) is 0 Å². The van der Waals surface area contributed by atoms with Gasteiger partial charge in [-0.3, -0.25) is 19.8 Å². The van der Waals surface area contributed by atoms with Crippen molar-refractivity contribution in [2.75, 3.05) is 0 Å². The number of aromatic amines is 2. The molecule has 0 saturated heterocycles. The van der Waals surface area contributed by atoms with Crippen molar-refractivity contribution in [2.24, 2.45) is 0 Å².